The fourth-order valence-corrected chi connectivity index (χ4v) is 3.08. The normalized spacial score (nSPS) is 17.7. The van der Waals surface area contributed by atoms with Gasteiger partial charge < -0.3 is 15.2 Å². The van der Waals surface area contributed by atoms with Crippen LogP contribution in [-0.4, -0.2) is 53.8 Å². The maximum absolute atomic E-state index is 12.7. The monoisotopic (exact) mass is 320 g/mol. The first-order valence-electron chi connectivity index (χ1n) is 8.33. The molecule has 128 valence electrons. The van der Waals surface area contributed by atoms with Gasteiger partial charge in [-0.1, -0.05) is 19.1 Å². The summed E-state index contributed by atoms with van der Waals surface area (Å²) in [6, 6.07) is 7.04. The van der Waals surface area contributed by atoms with E-state index in [2.05, 4.69) is 10.2 Å². The molecule has 1 aromatic rings. The molecule has 0 unspecified atom stereocenters. The maximum Gasteiger partial charge on any atom is 0.237 e. The van der Waals surface area contributed by atoms with Gasteiger partial charge in [0.1, 0.15) is 5.75 Å². The molecular formula is C18H28N2O3. The predicted octanol–water partition coefficient (Wildman–Crippen LogP) is 1.94. The highest BCUT2D eigenvalue weighted by molar-refractivity contribution is 5.82. The van der Waals surface area contributed by atoms with Crippen molar-refractivity contribution in [2.75, 3.05) is 26.3 Å². The van der Waals surface area contributed by atoms with Crippen molar-refractivity contribution in [3.05, 3.63) is 29.8 Å². The van der Waals surface area contributed by atoms with Gasteiger partial charge >= 0.3 is 0 Å². The van der Waals surface area contributed by atoms with Crippen LogP contribution in [0.3, 0.4) is 0 Å². The Bertz CT molecular complexity index is 508. The van der Waals surface area contributed by atoms with E-state index in [4.69, 9.17) is 4.74 Å². The molecule has 5 heteroatoms. The summed E-state index contributed by atoms with van der Waals surface area (Å²) in [5.74, 6) is 0.340. The Balaban J connectivity index is 1.96. The number of morpholine rings is 1. The minimum Gasteiger partial charge on any atom is -0.508 e. The second-order valence-corrected chi connectivity index (χ2v) is 6.79. The first-order chi connectivity index (χ1) is 10.9. The van der Waals surface area contributed by atoms with Gasteiger partial charge in [0.25, 0.3) is 0 Å². The molecule has 0 aliphatic carbocycles. The van der Waals surface area contributed by atoms with E-state index in [9.17, 15) is 9.90 Å². The van der Waals surface area contributed by atoms with Crippen molar-refractivity contribution in [1.29, 1.82) is 0 Å². The van der Waals surface area contributed by atoms with Gasteiger partial charge in [-0.2, -0.15) is 0 Å². The molecule has 0 spiro atoms. The van der Waals surface area contributed by atoms with Crippen LogP contribution in [0.1, 0.15) is 32.8 Å². The number of hydrogen-bond acceptors (Lipinski definition) is 4. The van der Waals surface area contributed by atoms with Crippen LogP contribution in [0.2, 0.25) is 0 Å². The summed E-state index contributed by atoms with van der Waals surface area (Å²) in [5.41, 5.74) is 0.751. The van der Waals surface area contributed by atoms with Crippen molar-refractivity contribution < 1.29 is 14.6 Å². The summed E-state index contributed by atoms with van der Waals surface area (Å²) < 4.78 is 5.37. The third kappa shape index (κ3) is 5.22. The molecule has 0 radical (unpaired) electrons. The average molecular weight is 320 g/mol. The van der Waals surface area contributed by atoms with Gasteiger partial charge in [0.15, 0.2) is 0 Å². The number of phenolic OH excluding ortho intramolecular Hbond substituents is 1. The molecule has 2 rings (SSSR count). The zero-order valence-corrected chi connectivity index (χ0v) is 14.3. The molecule has 0 saturated carbocycles. The molecule has 1 heterocycles. The van der Waals surface area contributed by atoms with Crippen molar-refractivity contribution >= 4 is 5.91 Å². The fourth-order valence-electron chi connectivity index (χ4n) is 3.08. The molecular weight excluding hydrogens is 292 g/mol. The van der Waals surface area contributed by atoms with E-state index in [-0.39, 0.29) is 23.2 Å². The van der Waals surface area contributed by atoms with Crippen LogP contribution < -0.4 is 5.32 Å². The maximum atomic E-state index is 12.7. The summed E-state index contributed by atoms with van der Waals surface area (Å²) in [7, 11) is 0. The molecule has 1 fully saturated rings. The lowest BCUT2D eigenvalue weighted by molar-refractivity contribution is -0.130. The van der Waals surface area contributed by atoms with Gasteiger partial charge in [-0.3, -0.25) is 9.69 Å². The zero-order valence-electron chi connectivity index (χ0n) is 14.3. The van der Waals surface area contributed by atoms with E-state index in [0.717, 1.165) is 31.5 Å². The third-order valence-corrected chi connectivity index (χ3v) is 4.22. The number of amides is 1. The van der Waals surface area contributed by atoms with Crippen molar-refractivity contribution in [2.24, 2.45) is 0 Å². The second kappa shape index (κ2) is 7.79. The summed E-state index contributed by atoms with van der Waals surface area (Å²) in [6.07, 6.45) is 1.51. The molecule has 1 saturated heterocycles. The lowest BCUT2D eigenvalue weighted by atomic mass is 9.94. The second-order valence-electron chi connectivity index (χ2n) is 6.79. The van der Waals surface area contributed by atoms with Crippen LogP contribution in [0.5, 0.6) is 5.75 Å². The summed E-state index contributed by atoms with van der Waals surface area (Å²) in [4.78, 5) is 14.9. The van der Waals surface area contributed by atoms with Crippen molar-refractivity contribution in [3.8, 4) is 5.75 Å². The number of carbonyl (C=O) groups is 1. The van der Waals surface area contributed by atoms with E-state index in [0.29, 0.717) is 13.2 Å². The number of carbonyl (C=O) groups excluding carboxylic acids is 1. The van der Waals surface area contributed by atoms with Crippen LogP contribution in [0.15, 0.2) is 24.3 Å². The Kier molecular flexibility index (Phi) is 6.02. The zero-order chi connectivity index (χ0) is 16.9. The van der Waals surface area contributed by atoms with E-state index in [1.807, 2.05) is 32.9 Å². The molecule has 0 aromatic heterocycles. The molecule has 2 N–H and O–H groups in total. The molecule has 1 amide bonds. The highest BCUT2D eigenvalue weighted by atomic mass is 16.5. The minimum atomic E-state index is -0.340. The van der Waals surface area contributed by atoms with Crippen molar-refractivity contribution in [2.45, 2.75) is 45.2 Å². The quantitative estimate of drug-likeness (QED) is 0.841. The molecule has 1 aromatic carbocycles. The smallest absolute Gasteiger partial charge is 0.237 e. The summed E-state index contributed by atoms with van der Waals surface area (Å²) in [5, 5.41) is 12.5. The van der Waals surface area contributed by atoms with E-state index >= 15 is 0 Å². The van der Waals surface area contributed by atoms with Gasteiger partial charge in [-0.25, -0.2) is 0 Å². The number of phenols is 1. The first-order valence-corrected chi connectivity index (χ1v) is 8.33. The molecule has 23 heavy (non-hydrogen) atoms. The van der Waals surface area contributed by atoms with Gasteiger partial charge in [-0.15, -0.1) is 0 Å². The van der Waals surface area contributed by atoms with Gasteiger partial charge in [-0.05, 0) is 44.4 Å². The van der Waals surface area contributed by atoms with Crippen LogP contribution in [-0.2, 0) is 16.0 Å². The van der Waals surface area contributed by atoms with Crippen LogP contribution in [0, 0.1) is 0 Å². The van der Waals surface area contributed by atoms with Gasteiger partial charge in [0, 0.05) is 18.6 Å². The fraction of sp³-hybridized carbons (Fsp3) is 0.611. The lowest BCUT2D eigenvalue weighted by Gasteiger charge is -2.35. The number of ether oxygens (including phenoxy) is 1. The summed E-state index contributed by atoms with van der Waals surface area (Å²) in [6.45, 7) is 9.12. The minimum absolute atomic E-state index is 0.0816. The SMILES string of the molecule is CC[C@@H](C(=O)NC(C)(C)Cc1ccc(O)cc1)N1CCOCC1. The summed E-state index contributed by atoms with van der Waals surface area (Å²) >= 11 is 0. The Morgan fingerprint density at radius 1 is 1.30 bits per heavy atom. The highest BCUT2D eigenvalue weighted by Crippen LogP contribution is 2.17. The van der Waals surface area contributed by atoms with E-state index in [1.165, 1.54) is 0 Å². The van der Waals surface area contributed by atoms with E-state index < -0.39 is 0 Å². The van der Waals surface area contributed by atoms with Crippen LogP contribution in [0.4, 0.5) is 0 Å². The number of hydrogen-bond donors (Lipinski definition) is 2. The third-order valence-electron chi connectivity index (χ3n) is 4.22. The van der Waals surface area contributed by atoms with Crippen molar-refractivity contribution in [1.82, 2.24) is 10.2 Å². The standard InChI is InChI=1S/C18H28N2O3/c1-4-16(20-9-11-23-12-10-20)17(22)19-18(2,3)13-14-5-7-15(21)8-6-14/h5-8,16,21H,4,9-13H2,1-3H3,(H,19,22)/t16-/m0/s1. The van der Waals surface area contributed by atoms with Gasteiger partial charge in [0.05, 0.1) is 19.3 Å². The number of rotatable bonds is 6. The number of nitrogens with zero attached hydrogens (tertiary/aromatic N) is 1. The van der Waals surface area contributed by atoms with Crippen LogP contribution >= 0.6 is 0 Å². The highest BCUT2D eigenvalue weighted by Gasteiger charge is 2.29. The number of benzene rings is 1. The molecule has 1 atom stereocenters. The van der Waals surface area contributed by atoms with Crippen LogP contribution in [0.25, 0.3) is 0 Å². The Labute approximate surface area is 138 Å². The topological polar surface area (TPSA) is 61.8 Å². The number of aromatic hydroxyl groups is 1. The molecule has 1 aliphatic heterocycles. The predicted molar refractivity (Wildman–Crippen MR) is 90.5 cm³/mol. The lowest BCUT2D eigenvalue weighted by Crippen LogP contribution is -2.55. The van der Waals surface area contributed by atoms with E-state index in [1.54, 1.807) is 12.1 Å². The number of nitrogens with one attached hydrogen (secondary N) is 1. The van der Waals surface area contributed by atoms with Crippen molar-refractivity contribution in [3.63, 3.8) is 0 Å². The Morgan fingerprint density at radius 2 is 1.91 bits per heavy atom. The molecule has 5 nitrogen and oxygen atoms in total. The Morgan fingerprint density at radius 3 is 2.48 bits per heavy atom. The molecule has 1 aliphatic rings. The molecule has 0 bridgehead atoms. The Hall–Kier alpha value is -1.59. The van der Waals surface area contributed by atoms with Gasteiger partial charge in [0.2, 0.25) is 5.91 Å². The average Bonchev–Trinajstić information content (AvgIpc) is 2.50. The first kappa shape index (κ1) is 17.8. The largest absolute Gasteiger partial charge is 0.508 e.